The summed E-state index contributed by atoms with van der Waals surface area (Å²) in [5.74, 6) is -4.27. The van der Waals surface area contributed by atoms with E-state index < -0.39 is 40.5 Å². The van der Waals surface area contributed by atoms with Crippen molar-refractivity contribution in [2.75, 3.05) is 64.2 Å². The first-order chi connectivity index (χ1) is 23.2. The lowest BCUT2D eigenvalue weighted by atomic mass is 9.93. The monoisotopic (exact) mass is 668 g/mol. The Balaban J connectivity index is 1.45. The highest BCUT2D eigenvalue weighted by molar-refractivity contribution is 6.02. The van der Waals surface area contributed by atoms with Crippen LogP contribution in [0.5, 0.6) is 23.3 Å². The van der Waals surface area contributed by atoms with Crippen LogP contribution in [0, 0.1) is 11.6 Å². The number of hydrogen-bond donors (Lipinski definition) is 3. The van der Waals surface area contributed by atoms with Crippen molar-refractivity contribution in [3.63, 3.8) is 0 Å². The van der Waals surface area contributed by atoms with Crippen molar-refractivity contribution in [3.05, 3.63) is 76.5 Å². The Bertz CT molecular complexity index is 1960. The van der Waals surface area contributed by atoms with E-state index in [1.54, 1.807) is 23.1 Å². The van der Waals surface area contributed by atoms with Gasteiger partial charge in [-0.25, -0.2) is 13.6 Å². The molecule has 48 heavy (non-hydrogen) atoms. The quantitative estimate of drug-likeness (QED) is 0.239. The largest absolute Gasteiger partial charge is 0.505 e. The standard InChI is InChI=1S/C33H30F2N2O11/c34-22-14-20-27(16-25(22)38)47-28-17-26(39)23(35)15-21(28)33(20)19-1-2-24-29(13-19)46-12-11-45-10-9-44-8-7-43-6-5-36(24)18-32(42)48-37-30(40)3-4-31(37)41/h1-4,13-17,38,40-41H,5-12,18H2. The second kappa shape index (κ2) is 14.2. The summed E-state index contributed by atoms with van der Waals surface area (Å²) < 4.78 is 58.6. The van der Waals surface area contributed by atoms with E-state index in [2.05, 4.69) is 0 Å². The number of nitrogens with zero attached hydrogens (tertiary/aromatic N) is 2. The van der Waals surface area contributed by atoms with Crippen LogP contribution in [0.3, 0.4) is 0 Å². The third-order valence-corrected chi connectivity index (χ3v) is 7.48. The Morgan fingerprint density at radius 1 is 0.812 bits per heavy atom. The highest BCUT2D eigenvalue weighted by Crippen LogP contribution is 2.44. The van der Waals surface area contributed by atoms with Gasteiger partial charge in [-0.2, -0.15) is 0 Å². The summed E-state index contributed by atoms with van der Waals surface area (Å²) in [6.07, 6.45) is 0. The molecule has 6 rings (SSSR count). The highest BCUT2D eigenvalue weighted by Gasteiger charge is 2.24. The maximum absolute atomic E-state index is 14.7. The fourth-order valence-electron chi connectivity index (χ4n) is 5.25. The van der Waals surface area contributed by atoms with Crippen molar-refractivity contribution in [1.29, 1.82) is 0 Å². The van der Waals surface area contributed by atoms with Gasteiger partial charge in [0.2, 0.25) is 17.2 Å². The Labute approximate surface area is 270 Å². The number of aromatic hydroxyl groups is 3. The molecule has 13 nitrogen and oxygen atoms in total. The third kappa shape index (κ3) is 6.97. The minimum atomic E-state index is -1.05. The molecule has 15 heteroatoms. The third-order valence-electron chi connectivity index (χ3n) is 7.48. The number of fused-ring (bicyclic) bond motifs is 3. The van der Waals surface area contributed by atoms with E-state index in [4.69, 9.17) is 28.2 Å². The van der Waals surface area contributed by atoms with Crippen LogP contribution in [0.25, 0.3) is 33.4 Å². The summed E-state index contributed by atoms with van der Waals surface area (Å²) in [5, 5.41) is 30.1. The first-order valence-corrected chi connectivity index (χ1v) is 14.8. The minimum Gasteiger partial charge on any atom is -0.505 e. The van der Waals surface area contributed by atoms with Crippen LogP contribution in [0.2, 0.25) is 0 Å². The second-order valence-electron chi connectivity index (χ2n) is 10.7. The lowest BCUT2D eigenvalue weighted by Gasteiger charge is -2.27. The molecule has 0 spiro atoms. The summed E-state index contributed by atoms with van der Waals surface area (Å²) >= 11 is 0. The maximum atomic E-state index is 14.7. The Morgan fingerprint density at radius 2 is 1.50 bits per heavy atom. The average Bonchev–Trinajstić information content (AvgIpc) is 3.36. The molecule has 2 aromatic carbocycles. The Kier molecular flexibility index (Phi) is 9.61. The predicted molar refractivity (Wildman–Crippen MR) is 166 cm³/mol. The van der Waals surface area contributed by atoms with E-state index in [-0.39, 0.29) is 73.1 Å². The van der Waals surface area contributed by atoms with Crippen molar-refractivity contribution < 1.29 is 57.1 Å². The molecule has 1 aliphatic carbocycles. The van der Waals surface area contributed by atoms with Crippen molar-refractivity contribution in [2.24, 2.45) is 0 Å². The molecular formula is C33H30F2N2O11. The zero-order valence-corrected chi connectivity index (χ0v) is 25.3. The van der Waals surface area contributed by atoms with Crippen molar-refractivity contribution in [1.82, 2.24) is 4.73 Å². The fourth-order valence-corrected chi connectivity index (χ4v) is 5.25. The number of phenolic OH excluding ortho intramolecular Hbond substituents is 1. The highest BCUT2D eigenvalue weighted by atomic mass is 19.1. The molecule has 1 aromatic heterocycles. The molecule has 0 saturated carbocycles. The summed E-state index contributed by atoms with van der Waals surface area (Å²) in [6.45, 7) is 1.42. The normalized spacial score (nSPS) is 15.0. The number of phenols is 1. The molecule has 0 saturated heterocycles. The molecule has 0 unspecified atom stereocenters. The van der Waals surface area contributed by atoms with Gasteiger partial charge < -0.3 is 48.4 Å². The van der Waals surface area contributed by atoms with Crippen LogP contribution >= 0.6 is 0 Å². The van der Waals surface area contributed by atoms with Gasteiger partial charge in [-0.1, -0.05) is 6.07 Å². The zero-order valence-electron chi connectivity index (χ0n) is 25.3. The summed E-state index contributed by atoms with van der Waals surface area (Å²) in [7, 11) is 0. The van der Waals surface area contributed by atoms with E-state index >= 15 is 0 Å². The summed E-state index contributed by atoms with van der Waals surface area (Å²) in [6, 6.07) is 11.2. The molecule has 0 atom stereocenters. The maximum Gasteiger partial charge on any atom is 0.352 e. The Hall–Kier alpha value is -5.38. The number of carbonyl (C=O) groups is 1. The molecule has 0 radical (unpaired) electrons. The number of ether oxygens (including phenoxy) is 4. The smallest absolute Gasteiger partial charge is 0.352 e. The van der Waals surface area contributed by atoms with Gasteiger partial charge in [0.25, 0.3) is 0 Å². The van der Waals surface area contributed by atoms with Gasteiger partial charge in [0.15, 0.2) is 17.4 Å². The minimum absolute atomic E-state index is 0.000585. The molecule has 3 aromatic rings. The molecule has 0 amide bonds. The first-order valence-electron chi connectivity index (χ1n) is 14.8. The Morgan fingerprint density at radius 3 is 2.23 bits per heavy atom. The number of benzene rings is 3. The van der Waals surface area contributed by atoms with E-state index in [1.165, 1.54) is 0 Å². The lowest BCUT2D eigenvalue weighted by Crippen LogP contribution is -2.37. The molecule has 0 bridgehead atoms. The number of halogens is 2. The number of hydrogen-bond acceptors (Lipinski definition) is 12. The first kappa shape index (κ1) is 32.6. The number of aromatic nitrogens is 1. The van der Waals surface area contributed by atoms with Gasteiger partial charge in [0.1, 0.15) is 30.2 Å². The van der Waals surface area contributed by atoms with Crippen molar-refractivity contribution in [2.45, 2.75) is 0 Å². The van der Waals surface area contributed by atoms with Crippen LogP contribution in [-0.2, 0) is 19.0 Å². The van der Waals surface area contributed by atoms with Gasteiger partial charge in [0.05, 0.1) is 45.3 Å². The van der Waals surface area contributed by atoms with Crippen LogP contribution < -0.4 is 19.9 Å². The zero-order chi connectivity index (χ0) is 33.8. The average molecular weight is 669 g/mol. The summed E-state index contributed by atoms with van der Waals surface area (Å²) in [4.78, 5) is 32.0. The number of carbonyl (C=O) groups excluding carboxylic acids is 1. The van der Waals surface area contributed by atoms with E-state index in [0.717, 1.165) is 36.4 Å². The molecular weight excluding hydrogens is 638 g/mol. The molecule has 252 valence electrons. The number of anilines is 1. The van der Waals surface area contributed by atoms with Crippen LogP contribution in [0.4, 0.5) is 14.5 Å². The summed E-state index contributed by atoms with van der Waals surface area (Å²) in [5.41, 5.74) is 0.363. The van der Waals surface area contributed by atoms with Gasteiger partial charge in [-0.3, -0.25) is 4.79 Å². The molecule has 2 aliphatic heterocycles. The van der Waals surface area contributed by atoms with Gasteiger partial charge in [0, 0.05) is 47.3 Å². The number of rotatable bonds is 4. The second-order valence-corrected chi connectivity index (χ2v) is 10.7. The van der Waals surface area contributed by atoms with E-state index in [1.807, 2.05) is 0 Å². The SMILES string of the molecule is O=C(CN1CCOCCOCCOCCOc2cc(-c3c4cc(F)c(=O)cc-4oc4cc(O)c(F)cc34)ccc21)On1c(O)ccc1O. The molecule has 3 aliphatic rings. The van der Waals surface area contributed by atoms with Crippen molar-refractivity contribution >= 4 is 22.6 Å². The lowest BCUT2D eigenvalue weighted by molar-refractivity contribution is -0.143. The van der Waals surface area contributed by atoms with Gasteiger partial charge in [-0.05, 0) is 29.8 Å². The van der Waals surface area contributed by atoms with Crippen LogP contribution in [-0.4, -0.2) is 85.4 Å². The van der Waals surface area contributed by atoms with Gasteiger partial charge >= 0.3 is 5.97 Å². The van der Waals surface area contributed by atoms with Crippen LogP contribution in [0.15, 0.2) is 63.8 Å². The van der Waals surface area contributed by atoms with Crippen molar-refractivity contribution in [3.8, 4) is 45.7 Å². The fraction of sp³-hybridized carbons (Fsp3) is 0.273. The predicted octanol–water partition coefficient (Wildman–Crippen LogP) is 3.67. The molecule has 0 fully saturated rings. The van der Waals surface area contributed by atoms with E-state index in [9.17, 15) is 33.7 Å². The molecule has 3 heterocycles. The topological polar surface area (TPSA) is 162 Å². The van der Waals surface area contributed by atoms with Gasteiger partial charge in [-0.15, -0.1) is 4.73 Å². The van der Waals surface area contributed by atoms with Crippen LogP contribution in [0.1, 0.15) is 0 Å². The van der Waals surface area contributed by atoms with E-state index in [0.29, 0.717) is 35.8 Å². The molecule has 3 N–H and O–H groups in total.